The first-order chi connectivity index (χ1) is 17.0. The Hall–Kier alpha value is -3.59. The molecule has 3 aromatic rings. The zero-order valence-electron chi connectivity index (χ0n) is 19.4. The van der Waals surface area contributed by atoms with Gasteiger partial charge in [-0.05, 0) is 37.1 Å². The Balaban J connectivity index is 1.32. The van der Waals surface area contributed by atoms with Crippen LogP contribution in [0.5, 0.6) is 11.5 Å². The number of aromatic nitrogens is 2. The van der Waals surface area contributed by atoms with Gasteiger partial charge in [0.1, 0.15) is 11.5 Å². The molecule has 2 amide bonds. The first-order valence-electron chi connectivity index (χ1n) is 11.4. The Kier molecular flexibility index (Phi) is 6.34. The van der Waals surface area contributed by atoms with E-state index in [1.165, 1.54) is 7.11 Å². The normalized spacial score (nSPS) is 17.5. The highest BCUT2D eigenvalue weighted by Gasteiger charge is 2.42. The predicted octanol–water partition coefficient (Wildman–Crippen LogP) is 3.95. The molecule has 182 valence electrons. The molecule has 2 aliphatic rings. The largest absolute Gasteiger partial charge is 0.497 e. The first kappa shape index (κ1) is 23.2. The molecule has 2 heterocycles. The van der Waals surface area contributed by atoms with Crippen molar-refractivity contribution < 1.29 is 23.5 Å². The van der Waals surface area contributed by atoms with E-state index in [1.807, 2.05) is 12.1 Å². The Labute approximate surface area is 207 Å². The summed E-state index contributed by atoms with van der Waals surface area (Å²) in [5, 5.41) is 8.75. The van der Waals surface area contributed by atoms with Crippen molar-refractivity contribution in [2.45, 2.75) is 31.8 Å². The molecule has 1 aliphatic carbocycles. The van der Waals surface area contributed by atoms with Crippen LogP contribution in [-0.4, -0.2) is 53.7 Å². The van der Waals surface area contributed by atoms with Crippen LogP contribution in [0.3, 0.4) is 0 Å². The molecular weight excluding hydrogens is 472 g/mol. The predicted molar refractivity (Wildman–Crippen MR) is 128 cm³/mol. The second kappa shape index (κ2) is 9.58. The number of benzene rings is 2. The van der Waals surface area contributed by atoms with Crippen LogP contribution >= 0.6 is 11.6 Å². The molecule has 0 spiro atoms. The molecule has 10 heteroatoms. The van der Waals surface area contributed by atoms with Crippen molar-refractivity contribution in [3.8, 4) is 23.0 Å². The maximum Gasteiger partial charge on any atom is 0.249 e. The smallest absolute Gasteiger partial charge is 0.249 e. The number of anilines is 1. The molecule has 2 fully saturated rings. The Bertz CT molecular complexity index is 1260. The Morgan fingerprint density at radius 1 is 1.17 bits per heavy atom. The molecule has 0 unspecified atom stereocenters. The van der Waals surface area contributed by atoms with E-state index in [1.54, 1.807) is 47.2 Å². The zero-order valence-corrected chi connectivity index (χ0v) is 20.2. The van der Waals surface area contributed by atoms with Crippen LogP contribution < -0.4 is 14.4 Å². The Morgan fingerprint density at radius 3 is 2.69 bits per heavy atom. The fraction of sp³-hybridized carbons (Fsp3) is 0.360. The maximum absolute atomic E-state index is 13.5. The topological polar surface area (TPSA) is 98.0 Å². The van der Waals surface area contributed by atoms with Gasteiger partial charge in [-0.1, -0.05) is 23.7 Å². The summed E-state index contributed by atoms with van der Waals surface area (Å²) < 4.78 is 16.5. The molecule has 9 nitrogen and oxygen atoms in total. The number of carbonyl (C=O) groups excluding carboxylic acids is 2. The summed E-state index contributed by atoms with van der Waals surface area (Å²) in [6, 6.07) is 12.6. The van der Waals surface area contributed by atoms with E-state index >= 15 is 0 Å². The molecule has 1 atom stereocenters. The van der Waals surface area contributed by atoms with E-state index in [2.05, 4.69) is 10.2 Å². The van der Waals surface area contributed by atoms with Gasteiger partial charge in [-0.3, -0.25) is 9.59 Å². The monoisotopic (exact) mass is 496 g/mol. The van der Waals surface area contributed by atoms with Gasteiger partial charge in [0.05, 0.1) is 43.0 Å². The van der Waals surface area contributed by atoms with Crippen molar-refractivity contribution in [2.24, 2.45) is 5.92 Å². The summed E-state index contributed by atoms with van der Waals surface area (Å²) in [7, 11) is 3.11. The van der Waals surface area contributed by atoms with Gasteiger partial charge in [0.25, 0.3) is 0 Å². The summed E-state index contributed by atoms with van der Waals surface area (Å²) >= 11 is 6.24. The van der Waals surface area contributed by atoms with Gasteiger partial charge in [-0.25, -0.2) is 0 Å². The molecular formula is C25H25ClN4O5. The summed E-state index contributed by atoms with van der Waals surface area (Å²) in [4.78, 5) is 29.8. The third kappa shape index (κ3) is 4.68. The van der Waals surface area contributed by atoms with Crippen LogP contribution in [0.15, 0.2) is 46.9 Å². The molecule has 1 saturated heterocycles. The van der Waals surface area contributed by atoms with Gasteiger partial charge >= 0.3 is 0 Å². The highest BCUT2D eigenvalue weighted by Crippen LogP contribution is 2.38. The van der Waals surface area contributed by atoms with Crippen molar-refractivity contribution in [3.63, 3.8) is 0 Å². The van der Waals surface area contributed by atoms with E-state index < -0.39 is 5.92 Å². The molecule has 2 aromatic carbocycles. The molecule has 5 rings (SSSR count). The van der Waals surface area contributed by atoms with Crippen molar-refractivity contribution in [1.29, 1.82) is 0 Å². The van der Waals surface area contributed by atoms with Crippen LogP contribution in [0.25, 0.3) is 11.5 Å². The highest BCUT2D eigenvalue weighted by atomic mass is 35.5. The third-order valence-electron chi connectivity index (χ3n) is 6.30. The number of carbonyl (C=O) groups is 2. The molecule has 0 N–H and O–H groups in total. The third-order valence-corrected chi connectivity index (χ3v) is 6.63. The highest BCUT2D eigenvalue weighted by molar-refractivity contribution is 6.33. The number of hydrogen-bond donors (Lipinski definition) is 0. The van der Waals surface area contributed by atoms with Gasteiger partial charge in [0.15, 0.2) is 0 Å². The molecule has 1 aliphatic heterocycles. The van der Waals surface area contributed by atoms with Crippen LogP contribution in [0, 0.1) is 5.92 Å². The van der Waals surface area contributed by atoms with Crippen molar-refractivity contribution in [3.05, 3.63) is 53.4 Å². The van der Waals surface area contributed by atoms with Gasteiger partial charge < -0.3 is 23.7 Å². The number of ether oxygens (including phenoxy) is 2. The summed E-state index contributed by atoms with van der Waals surface area (Å²) in [6.45, 7) is 0.468. The lowest BCUT2D eigenvalue weighted by Crippen LogP contribution is -2.38. The minimum absolute atomic E-state index is 0.0895. The van der Waals surface area contributed by atoms with Crippen LogP contribution in [0.2, 0.25) is 5.02 Å². The van der Waals surface area contributed by atoms with E-state index in [4.69, 9.17) is 25.5 Å². The maximum atomic E-state index is 13.5. The quantitative estimate of drug-likeness (QED) is 0.465. The second-order valence-corrected chi connectivity index (χ2v) is 9.03. The summed E-state index contributed by atoms with van der Waals surface area (Å²) in [5.41, 5.74) is 1.26. The van der Waals surface area contributed by atoms with Gasteiger partial charge in [0, 0.05) is 25.1 Å². The fourth-order valence-electron chi connectivity index (χ4n) is 4.33. The lowest BCUT2D eigenvalue weighted by molar-refractivity contribution is -0.137. The SMILES string of the molecule is COc1ccc(N2C[C@@H](C(=O)N(Cc3nnc(-c4ccccc4Cl)o3)C3CC3)CC2=O)c(OC)c1. The van der Waals surface area contributed by atoms with Crippen molar-refractivity contribution in [1.82, 2.24) is 15.1 Å². The van der Waals surface area contributed by atoms with Crippen molar-refractivity contribution >= 4 is 29.1 Å². The van der Waals surface area contributed by atoms with Gasteiger partial charge in [-0.15, -0.1) is 10.2 Å². The number of rotatable bonds is 8. The number of halogens is 1. The average molecular weight is 497 g/mol. The molecule has 1 aromatic heterocycles. The molecule has 35 heavy (non-hydrogen) atoms. The molecule has 1 saturated carbocycles. The minimum atomic E-state index is -0.471. The van der Waals surface area contributed by atoms with Crippen LogP contribution in [0.4, 0.5) is 5.69 Å². The number of nitrogens with zero attached hydrogens (tertiary/aromatic N) is 4. The van der Waals surface area contributed by atoms with Crippen molar-refractivity contribution in [2.75, 3.05) is 25.7 Å². The molecule has 0 radical (unpaired) electrons. The van der Waals surface area contributed by atoms with E-state index in [0.29, 0.717) is 39.6 Å². The van der Waals surface area contributed by atoms with Crippen LogP contribution in [-0.2, 0) is 16.1 Å². The van der Waals surface area contributed by atoms with Gasteiger partial charge in [0.2, 0.25) is 23.6 Å². The second-order valence-electron chi connectivity index (χ2n) is 8.62. The fourth-order valence-corrected chi connectivity index (χ4v) is 4.54. The summed E-state index contributed by atoms with van der Waals surface area (Å²) in [6.07, 6.45) is 1.95. The lowest BCUT2D eigenvalue weighted by atomic mass is 10.1. The lowest BCUT2D eigenvalue weighted by Gasteiger charge is -2.24. The Morgan fingerprint density at radius 2 is 1.97 bits per heavy atom. The van der Waals surface area contributed by atoms with E-state index in [9.17, 15) is 9.59 Å². The number of methoxy groups -OCH3 is 2. The standard InChI is InChI=1S/C25H25ClN4O5/c1-33-17-9-10-20(21(12-17)34-2)30-13-15(11-23(30)31)25(32)29(16-7-8-16)14-22-27-28-24(35-22)18-5-3-4-6-19(18)26/h3-6,9-10,12,15-16H,7-8,11,13-14H2,1-2H3/t15-/m0/s1. The number of amides is 2. The first-order valence-corrected chi connectivity index (χ1v) is 11.8. The van der Waals surface area contributed by atoms with Crippen LogP contribution in [0.1, 0.15) is 25.2 Å². The summed E-state index contributed by atoms with van der Waals surface area (Å²) in [5.74, 6) is 1.10. The molecule has 0 bridgehead atoms. The zero-order chi connectivity index (χ0) is 24.5. The minimum Gasteiger partial charge on any atom is -0.497 e. The van der Waals surface area contributed by atoms with E-state index in [0.717, 1.165) is 12.8 Å². The van der Waals surface area contributed by atoms with Gasteiger partial charge in [-0.2, -0.15) is 0 Å². The average Bonchev–Trinajstić information content (AvgIpc) is 3.49. The van der Waals surface area contributed by atoms with E-state index in [-0.39, 0.29) is 37.4 Å². The number of hydrogen-bond acceptors (Lipinski definition) is 7.